The lowest BCUT2D eigenvalue weighted by atomic mass is 9.56. The summed E-state index contributed by atoms with van der Waals surface area (Å²) in [6, 6.07) is 0. The van der Waals surface area contributed by atoms with Crippen LogP contribution in [-0.4, -0.2) is 44.3 Å². The van der Waals surface area contributed by atoms with Gasteiger partial charge in [-0.25, -0.2) is 0 Å². The first-order chi connectivity index (χ1) is 7.29. The fourth-order valence-electron chi connectivity index (χ4n) is 1.98. The van der Waals surface area contributed by atoms with E-state index in [1.807, 2.05) is 0 Å². The molecule has 1 fully saturated rings. The van der Waals surface area contributed by atoms with Crippen molar-refractivity contribution in [3.05, 3.63) is 0 Å². The summed E-state index contributed by atoms with van der Waals surface area (Å²) in [6.45, 7) is 0. The molecule has 0 atom stereocenters. The molecule has 1 aliphatic carbocycles. The SMILES string of the molecule is O=C(O)[C@H]1[C@H](C(=O)O)[C@H](C(=O)O)[C@H]1C(=O)O. The second kappa shape index (κ2) is 3.80. The van der Waals surface area contributed by atoms with Gasteiger partial charge < -0.3 is 20.4 Å². The van der Waals surface area contributed by atoms with E-state index in [0.717, 1.165) is 0 Å². The summed E-state index contributed by atoms with van der Waals surface area (Å²) < 4.78 is 0. The van der Waals surface area contributed by atoms with Crippen LogP contribution in [0, 0.1) is 23.7 Å². The minimum absolute atomic E-state index is 1.61. The van der Waals surface area contributed by atoms with E-state index in [1.165, 1.54) is 0 Å². The van der Waals surface area contributed by atoms with Gasteiger partial charge in [-0.1, -0.05) is 0 Å². The lowest BCUT2D eigenvalue weighted by Crippen LogP contribution is -2.59. The Labute approximate surface area is 88.1 Å². The highest BCUT2D eigenvalue weighted by molar-refractivity contribution is 5.95. The second-order valence-electron chi connectivity index (χ2n) is 3.46. The number of aliphatic carboxylic acids is 4. The van der Waals surface area contributed by atoms with Crippen molar-refractivity contribution in [2.24, 2.45) is 23.7 Å². The standard InChI is InChI=1S/C8H8O8/c9-5(10)1-2(6(11)12)4(8(15)16)3(1)7(13)14/h1-4H,(H,9,10)(H,11,12)(H,13,14)(H,15,16)/t1-,2-,3-,4-. The molecule has 88 valence electrons. The van der Waals surface area contributed by atoms with E-state index >= 15 is 0 Å². The average molecular weight is 232 g/mol. The highest BCUT2D eigenvalue weighted by Crippen LogP contribution is 2.46. The van der Waals surface area contributed by atoms with E-state index in [1.54, 1.807) is 0 Å². The lowest BCUT2D eigenvalue weighted by Gasteiger charge is -2.42. The number of carbonyl (C=O) groups is 4. The molecule has 1 aliphatic rings. The smallest absolute Gasteiger partial charge is 0.308 e. The topological polar surface area (TPSA) is 149 Å². The van der Waals surface area contributed by atoms with Gasteiger partial charge in [-0.3, -0.25) is 19.2 Å². The Morgan fingerprint density at radius 2 is 0.625 bits per heavy atom. The van der Waals surface area contributed by atoms with Gasteiger partial charge in [0.15, 0.2) is 0 Å². The predicted octanol–water partition coefficient (Wildman–Crippen LogP) is -1.20. The monoisotopic (exact) mass is 232 g/mol. The maximum absolute atomic E-state index is 10.7. The van der Waals surface area contributed by atoms with Crippen molar-refractivity contribution in [2.45, 2.75) is 0 Å². The molecule has 0 aromatic heterocycles. The van der Waals surface area contributed by atoms with Gasteiger partial charge in [0.05, 0.1) is 23.7 Å². The Morgan fingerprint density at radius 1 is 0.500 bits per heavy atom. The molecule has 0 spiro atoms. The van der Waals surface area contributed by atoms with Gasteiger partial charge in [-0.05, 0) is 0 Å². The minimum atomic E-state index is -1.70. The molecule has 8 nitrogen and oxygen atoms in total. The summed E-state index contributed by atoms with van der Waals surface area (Å²) in [7, 11) is 0. The second-order valence-corrected chi connectivity index (χ2v) is 3.46. The molecule has 0 aromatic carbocycles. The predicted molar refractivity (Wildman–Crippen MR) is 44.5 cm³/mol. The quantitative estimate of drug-likeness (QED) is 0.472. The first kappa shape index (κ1) is 12.0. The Morgan fingerprint density at radius 3 is 0.688 bits per heavy atom. The maximum atomic E-state index is 10.7. The largest absolute Gasteiger partial charge is 0.481 e. The third kappa shape index (κ3) is 1.58. The van der Waals surface area contributed by atoms with E-state index in [-0.39, 0.29) is 0 Å². The maximum Gasteiger partial charge on any atom is 0.308 e. The van der Waals surface area contributed by atoms with Crippen molar-refractivity contribution < 1.29 is 39.6 Å². The summed E-state index contributed by atoms with van der Waals surface area (Å²) in [5.41, 5.74) is 0. The van der Waals surface area contributed by atoms with Crippen LogP contribution >= 0.6 is 0 Å². The van der Waals surface area contributed by atoms with Gasteiger partial charge >= 0.3 is 23.9 Å². The summed E-state index contributed by atoms with van der Waals surface area (Å²) in [5, 5.41) is 34.6. The fraction of sp³-hybridized carbons (Fsp3) is 0.500. The van der Waals surface area contributed by atoms with Crippen molar-refractivity contribution in [1.29, 1.82) is 0 Å². The van der Waals surface area contributed by atoms with E-state index < -0.39 is 47.5 Å². The van der Waals surface area contributed by atoms with E-state index in [4.69, 9.17) is 20.4 Å². The fourth-order valence-corrected chi connectivity index (χ4v) is 1.98. The first-order valence-corrected chi connectivity index (χ1v) is 4.20. The Kier molecular flexibility index (Phi) is 2.84. The van der Waals surface area contributed by atoms with Crippen LogP contribution in [0.2, 0.25) is 0 Å². The zero-order valence-electron chi connectivity index (χ0n) is 7.73. The molecule has 0 saturated heterocycles. The molecule has 1 saturated carbocycles. The molecule has 0 bridgehead atoms. The normalized spacial score (nSPS) is 32.5. The van der Waals surface area contributed by atoms with Crippen molar-refractivity contribution in [1.82, 2.24) is 0 Å². The van der Waals surface area contributed by atoms with Crippen LogP contribution in [0.25, 0.3) is 0 Å². The van der Waals surface area contributed by atoms with Gasteiger partial charge in [0.1, 0.15) is 0 Å². The number of carboxylic acids is 4. The van der Waals surface area contributed by atoms with Gasteiger partial charge in [0, 0.05) is 0 Å². The minimum Gasteiger partial charge on any atom is -0.481 e. The van der Waals surface area contributed by atoms with Crippen LogP contribution in [-0.2, 0) is 19.2 Å². The molecule has 0 aromatic rings. The van der Waals surface area contributed by atoms with Gasteiger partial charge in [0.2, 0.25) is 0 Å². The Balaban J connectivity index is 3.08. The van der Waals surface area contributed by atoms with E-state index in [0.29, 0.717) is 0 Å². The van der Waals surface area contributed by atoms with Crippen LogP contribution in [0.15, 0.2) is 0 Å². The van der Waals surface area contributed by atoms with Crippen LogP contribution in [0.5, 0.6) is 0 Å². The number of rotatable bonds is 4. The summed E-state index contributed by atoms with van der Waals surface area (Å²) in [4.78, 5) is 42.6. The molecular formula is C8H8O8. The first-order valence-electron chi connectivity index (χ1n) is 4.20. The van der Waals surface area contributed by atoms with Crippen LogP contribution in [0.4, 0.5) is 0 Å². The van der Waals surface area contributed by atoms with Crippen molar-refractivity contribution >= 4 is 23.9 Å². The highest BCUT2D eigenvalue weighted by atomic mass is 16.4. The van der Waals surface area contributed by atoms with E-state index in [9.17, 15) is 19.2 Å². The molecule has 0 unspecified atom stereocenters. The molecule has 0 radical (unpaired) electrons. The van der Waals surface area contributed by atoms with Crippen molar-refractivity contribution in [2.75, 3.05) is 0 Å². The van der Waals surface area contributed by atoms with E-state index in [2.05, 4.69) is 0 Å². The van der Waals surface area contributed by atoms with Gasteiger partial charge in [-0.2, -0.15) is 0 Å². The van der Waals surface area contributed by atoms with Crippen LogP contribution in [0.3, 0.4) is 0 Å². The summed E-state index contributed by atoms with van der Waals surface area (Å²) in [5.74, 6) is -13.2. The third-order valence-electron chi connectivity index (χ3n) is 2.69. The summed E-state index contributed by atoms with van der Waals surface area (Å²) >= 11 is 0. The molecule has 16 heavy (non-hydrogen) atoms. The zero-order chi connectivity index (χ0) is 12.6. The number of hydrogen-bond donors (Lipinski definition) is 4. The Bertz CT molecular complexity index is 292. The molecule has 1 rings (SSSR count). The molecular weight excluding hydrogens is 224 g/mol. The number of carboxylic acid groups (broad SMARTS) is 4. The van der Waals surface area contributed by atoms with Gasteiger partial charge in [0.25, 0.3) is 0 Å². The zero-order valence-corrected chi connectivity index (χ0v) is 7.73. The van der Waals surface area contributed by atoms with Gasteiger partial charge in [-0.15, -0.1) is 0 Å². The van der Waals surface area contributed by atoms with Crippen molar-refractivity contribution in [3.8, 4) is 0 Å². The molecule has 0 aliphatic heterocycles. The molecule has 0 heterocycles. The highest BCUT2D eigenvalue weighted by Gasteiger charge is 2.64. The lowest BCUT2D eigenvalue weighted by molar-refractivity contribution is -0.191. The number of hydrogen-bond acceptors (Lipinski definition) is 4. The molecule has 8 heteroatoms. The molecule has 4 N–H and O–H groups in total. The molecule has 0 amide bonds. The summed E-state index contributed by atoms with van der Waals surface area (Å²) in [6.07, 6.45) is 0. The van der Waals surface area contributed by atoms with Crippen LogP contribution in [0.1, 0.15) is 0 Å². The third-order valence-corrected chi connectivity index (χ3v) is 2.69. The average Bonchev–Trinajstić information content (AvgIpc) is 1.97. The Hall–Kier alpha value is -2.12. The van der Waals surface area contributed by atoms with Crippen LogP contribution < -0.4 is 0 Å². The van der Waals surface area contributed by atoms with Crippen molar-refractivity contribution in [3.63, 3.8) is 0 Å².